The fourth-order valence-electron chi connectivity index (χ4n) is 3.96. The van der Waals surface area contributed by atoms with Crippen LogP contribution in [0.4, 0.5) is 0 Å². The van der Waals surface area contributed by atoms with E-state index in [4.69, 9.17) is 9.72 Å². The van der Waals surface area contributed by atoms with Gasteiger partial charge in [-0.2, -0.15) is 5.10 Å². The summed E-state index contributed by atoms with van der Waals surface area (Å²) in [5.41, 5.74) is 4.33. The Bertz CT molecular complexity index is 1050. The van der Waals surface area contributed by atoms with Crippen molar-refractivity contribution in [2.45, 2.75) is 38.1 Å². The molecule has 3 heterocycles. The molecule has 2 aromatic heterocycles. The smallest absolute Gasteiger partial charge is 0.252 e. The van der Waals surface area contributed by atoms with E-state index in [0.29, 0.717) is 18.1 Å². The van der Waals surface area contributed by atoms with Gasteiger partial charge in [0.25, 0.3) is 5.91 Å². The number of rotatable bonds is 3. The largest absolute Gasteiger partial charge is 0.493 e. The highest BCUT2D eigenvalue weighted by Gasteiger charge is 2.30. The Balaban J connectivity index is 1.55. The number of ether oxygens (including phenoxy) is 1. The SMILES string of the molecule is Cc1nn(C)c2nc(C3CC3)cc(C(=O)N[C@H]3CCOc4ccccc43)c12. The van der Waals surface area contributed by atoms with E-state index in [2.05, 4.69) is 10.4 Å². The number of carbonyl (C=O) groups is 1. The van der Waals surface area contributed by atoms with Gasteiger partial charge in [0.15, 0.2) is 5.65 Å². The zero-order valence-corrected chi connectivity index (χ0v) is 15.5. The zero-order valence-electron chi connectivity index (χ0n) is 15.5. The number of nitrogens with one attached hydrogen (secondary N) is 1. The highest BCUT2D eigenvalue weighted by molar-refractivity contribution is 6.06. The number of amides is 1. The van der Waals surface area contributed by atoms with Crippen LogP contribution in [0, 0.1) is 6.92 Å². The number of aromatic nitrogens is 3. The number of hydrogen-bond acceptors (Lipinski definition) is 4. The molecule has 1 aliphatic carbocycles. The van der Waals surface area contributed by atoms with Crippen LogP contribution in [-0.2, 0) is 7.05 Å². The first-order valence-electron chi connectivity index (χ1n) is 9.48. The van der Waals surface area contributed by atoms with Gasteiger partial charge in [0, 0.05) is 30.6 Å². The Hall–Kier alpha value is -2.89. The van der Waals surface area contributed by atoms with E-state index in [0.717, 1.165) is 53.0 Å². The molecule has 2 aliphatic rings. The number of aryl methyl sites for hydroxylation is 2. The molecule has 27 heavy (non-hydrogen) atoms. The molecule has 1 N–H and O–H groups in total. The van der Waals surface area contributed by atoms with Gasteiger partial charge in [-0.25, -0.2) is 4.98 Å². The molecule has 0 saturated heterocycles. The standard InChI is InChI=1S/C21H22N4O2/c1-12-19-15(11-17(13-7-8-13)22-20(19)25(2)24-12)21(26)23-16-9-10-27-18-6-4-3-5-14(16)18/h3-6,11,13,16H,7-10H2,1-2H3,(H,23,26)/t16-/m0/s1. The van der Waals surface area contributed by atoms with E-state index in [1.807, 2.05) is 44.3 Å². The van der Waals surface area contributed by atoms with Gasteiger partial charge in [-0.3, -0.25) is 9.48 Å². The maximum absolute atomic E-state index is 13.3. The summed E-state index contributed by atoms with van der Waals surface area (Å²) in [4.78, 5) is 18.1. The molecule has 1 saturated carbocycles. The fourth-order valence-corrected chi connectivity index (χ4v) is 3.96. The number of pyridine rings is 1. The monoisotopic (exact) mass is 362 g/mol. The van der Waals surface area contributed by atoms with Crippen LogP contribution >= 0.6 is 0 Å². The van der Waals surface area contributed by atoms with E-state index in [9.17, 15) is 4.79 Å². The molecule has 1 atom stereocenters. The lowest BCUT2D eigenvalue weighted by atomic mass is 9.99. The fraction of sp³-hybridized carbons (Fsp3) is 0.381. The van der Waals surface area contributed by atoms with Gasteiger partial charge in [-0.05, 0) is 31.9 Å². The van der Waals surface area contributed by atoms with Crippen molar-refractivity contribution >= 4 is 16.9 Å². The average molecular weight is 362 g/mol. The quantitative estimate of drug-likeness (QED) is 0.775. The van der Waals surface area contributed by atoms with Crippen LogP contribution in [0.5, 0.6) is 5.75 Å². The van der Waals surface area contributed by atoms with E-state index in [1.54, 1.807) is 4.68 Å². The van der Waals surface area contributed by atoms with Gasteiger partial charge in [0.2, 0.25) is 0 Å². The summed E-state index contributed by atoms with van der Waals surface area (Å²) in [5, 5.41) is 8.56. The van der Waals surface area contributed by atoms with Gasteiger partial charge >= 0.3 is 0 Å². The molecular formula is C21H22N4O2. The normalized spacial score (nSPS) is 18.8. The van der Waals surface area contributed by atoms with Crippen molar-refractivity contribution in [1.29, 1.82) is 0 Å². The Kier molecular flexibility index (Phi) is 3.67. The second kappa shape index (κ2) is 6.08. The number of fused-ring (bicyclic) bond motifs is 2. The molecule has 0 radical (unpaired) electrons. The minimum atomic E-state index is -0.0675. The van der Waals surface area contributed by atoms with Crippen molar-refractivity contribution in [3.63, 3.8) is 0 Å². The van der Waals surface area contributed by atoms with Crippen LogP contribution in [0.2, 0.25) is 0 Å². The van der Waals surface area contributed by atoms with Crippen LogP contribution in [0.1, 0.15) is 58.5 Å². The molecule has 0 spiro atoms. The average Bonchev–Trinajstić information content (AvgIpc) is 3.48. The van der Waals surface area contributed by atoms with Gasteiger partial charge in [-0.1, -0.05) is 18.2 Å². The minimum Gasteiger partial charge on any atom is -0.493 e. The molecular weight excluding hydrogens is 340 g/mol. The van der Waals surface area contributed by atoms with Gasteiger partial charge in [0.05, 0.1) is 29.3 Å². The number of nitrogens with zero attached hydrogens (tertiary/aromatic N) is 3. The van der Waals surface area contributed by atoms with Gasteiger partial charge < -0.3 is 10.1 Å². The summed E-state index contributed by atoms with van der Waals surface area (Å²) in [6, 6.07) is 9.83. The summed E-state index contributed by atoms with van der Waals surface area (Å²) in [6.07, 6.45) is 3.05. The highest BCUT2D eigenvalue weighted by atomic mass is 16.5. The maximum Gasteiger partial charge on any atom is 0.252 e. The molecule has 5 rings (SSSR count). The summed E-state index contributed by atoms with van der Waals surface area (Å²) in [7, 11) is 1.88. The van der Waals surface area contributed by atoms with E-state index < -0.39 is 0 Å². The third kappa shape index (κ3) is 2.76. The van der Waals surface area contributed by atoms with Crippen LogP contribution < -0.4 is 10.1 Å². The van der Waals surface area contributed by atoms with Crippen molar-refractivity contribution in [2.75, 3.05) is 6.61 Å². The first-order valence-corrected chi connectivity index (χ1v) is 9.48. The molecule has 138 valence electrons. The lowest BCUT2D eigenvalue weighted by Crippen LogP contribution is -2.32. The number of hydrogen-bond donors (Lipinski definition) is 1. The molecule has 6 nitrogen and oxygen atoms in total. The summed E-state index contributed by atoms with van der Waals surface area (Å²) in [5.74, 6) is 1.26. The zero-order chi connectivity index (χ0) is 18.5. The van der Waals surface area contributed by atoms with Crippen LogP contribution in [-0.4, -0.2) is 27.3 Å². The Labute approximate surface area is 157 Å². The molecule has 0 unspecified atom stereocenters. The molecule has 3 aromatic rings. The second-order valence-corrected chi connectivity index (χ2v) is 7.48. The molecule has 6 heteroatoms. The first kappa shape index (κ1) is 16.3. The van der Waals surface area contributed by atoms with Crippen molar-refractivity contribution < 1.29 is 9.53 Å². The predicted octanol–water partition coefficient (Wildman–Crippen LogP) is 3.41. The van der Waals surface area contributed by atoms with Crippen LogP contribution in [0.15, 0.2) is 30.3 Å². The Morgan fingerprint density at radius 3 is 2.89 bits per heavy atom. The summed E-state index contributed by atoms with van der Waals surface area (Å²) < 4.78 is 7.49. The van der Waals surface area contributed by atoms with E-state index >= 15 is 0 Å². The van der Waals surface area contributed by atoms with Gasteiger partial charge in [-0.15, -0.1) is 0 Å². The highest BCUT2D eigenvalue weighted by Crippen LogP contribution is 2.40. The second-order valence-electron chi connectivity index (χ2n) is 7.48. The third-order valence-corrected chi connectivity index (χ3v) is 5.49. The Morgan fingerprint density at radius 1 is 1.26 bits per heavy atom. The molecule has 0 bridgehead atoms. The lowest BCUT2D eigenvalue weighted by molar-refractivity contribution is 0.0926. The van der Waals surface area contributed by atoms with E-state index in [-0.39, 0.29) is 11.9 Å². The van der Waals surface area contributed by atoms with Crippen molar-refractivity contribution in [1.82, 2.24) is 20.1 Å². The first-order chi connectivity index (χ1) is 13.1. The molecule has 1 amide bonds. The summed E-state index contributed by atoms with van der Waals surface area (Å²) in [6.45, 7) is 2.54. The van der Waals surface area contributed by atoms with Crippen molar-refractivity contribution in [3.05, 3.63) is 52.8 Å². The Morgan fingerprint density at radius 2 is 2.07 bits per heavy atom. The maximum atomic E-state index is 13.3. The summed E-state index contributed by atoms with van der Waals surface area (Å²) >= 11 is 0. The molecule has 1 aromatic carbocycles. The van der Waals surface area contributed by atoms with Crippen molar-refractivity contribution in [2.24, 2.45) is 7.05 Å². The van der Waals surface area contributed by atoms with E-state index in [1.165, 1.54) is 0 Å². The number of para-hydroxylation sites is 1. The third-order valence-electron chi connectivity index (χ3n) is 5.49. The van der Waals surface area contributed by atoms with Crippen molar-refractivity contribution in [3.8, 4) is 5.75 Å². The number of carbonyl (C=O) groups excluding carboxylic acids is 1. The minimum absolute atomic E-state index is 0.0491. The molecule has 1 fully saturated rings. The number of benzene rings is 1. The van der Waals surface area contributed by atoms with Gasteiger partial charge in [0.1, 0.15) is 5.75 Å². The van der Waals surface area contributed by atoms with Crippen LogP contribution in [0.3, 0.4) is 0 Å². The molecule has 1 aliphatic heterocycles. The topological polar surface area (TPSA) is 69.0 Å². The lowest BCUT2D eigenvalue weighted by Gasteiger charge is -2.26. The predicted molar refractivity (Wildman–Crippen MR) is 102 cm³/mol. The van der Waals surface area contributed by atoms with Crippen LogP contribution in [0.25, 0.3) is 11.0 Å².